The highest BCUT2D eigenvalue weighted by molar-refractivity contribution is 6.10. The Kier molecular flexibility index (Phi) is 6.73. The van der Waals surface area contributed by atoms with Gasteiger partial charge in [0.25, 0.3) is 5.56 Å². The summed E-state index contributed by atoms with van der Waals surface area (Å²) in [5.74, 6) is -1.22. The Morgan fingerprint density at radius 3 is 1.62 bits per heavy atom. The summed E-state index contributed by atoms with van der Waals surface area (Å²) in [6.07, 6.45) is 3.19. The minimum Gasteiger partial charge on any atom is -0.477 e. The van der Waals surface area contributed by atoms with Crippen LogP contribution >= 0.6 is 0 Å². The van der Waals surface area contributed by atoms with E-state index in [0.717, 1.165) is 38.7 Å². The van der Waals surface area contributed by atoms with E-state index in [1.807, 2.05) is 24.3 Å². The highest BCUT2D eigenvalue weighted by Gasteiger charge is 2.19. The lowest BCUT2D eigenvalue weighted by Crippen LogP contribution is -2.15. The first-order chi connectivity index (χ1) is 24.6. The van der Waals surface area contributed by atoms with Gasteiger partial charge in [-0.2, -0.15) is 0 Å². The molecular formula is C43H28N4O3. The molecule has 0 unspecified atom stereocenters. The molecule has 0 saturated carbocycles. The first-order valence-corrected chi connectivity index (χ1v) is 16.3. The van der Waals surface area contributed by atoms with Crippen LogP contribution in [0.25, 0.3) is 72.8 Å². The number of para-hydroxylation sites is 4. The van der Waals surface area contributed by atoms with Gasteiger partial charge in [0.05, 0.1) is 33.3 Å². The van der Waals surface area contributed by atoms with Gasteiger partial charge in [0.15, 0.2) is 5.69 Å². The zero-order chi connectivity index (χ0) is 33.8. The van der Waals surface area contributed by atoms with Crippen molar-refractivity contribution in [1.29, 1.82) is 0 Å². The van der Waals surface area contributed by atoms with Crippen LogP contribution < -0.4 is 5.56 Å². The number of aromatic carboxylic acids is 1. The molecule has 0 amide bonds. The van der Waals surface area contributed by atoms with E-state index in [0.29, 0.717) is 5.69 Å². The molecule has 6 aromatic carbocycles. The number of nitrogens with zero attached hydrogens (tertiary/aromatic N) is 3. The van der Waals surface area contributed by atoms with E-state index in [4.69, 9.17) is 0 Å². The van der Waals surface area contributed by atoms with Crippen LogP contribution in [-0.4, -0.2) is 30.0 Å². The molecule has 7 nitrogen and oxygen atoms in total. The first kappa shape index (κ1) is 29.1. The van der Waals surface area contributed by atoms with Gasteiger partial charge in [-0.1, -0.05) is 78.9 Å². The van der Waals surface area contributed by atoms with Crippen LogP contribution in [0.5, 0.6) is 0 Å². The number of carbonyl (C=O) groups is 1. The van der Waals surface area contributed by atoms with Crippen molar-refractivity contribution in [3.05, 3.63) is 178 Å². The number of fused-ring (bicyclic) bond motifs is 6. The summed E-state index contributed by atoms with van der Waals surface area (Å²) >= 11 is 0. The summed E-state index contributed by atoms with van der Waals surface area (Å²) in [7, 11) is 0. The number of benzene rings is 6. The normalized spacial score (nSPS) is 11.4. The topological polar surface area (TPSA) is 85.0 Å². The lowest BCUT2D eigenvalue weighted by Gasteiger charge is -2.11. The van der Waals surface area contributed by atoms with Crippen LogP contribution in [0.15, 0.2) is 156 Å². The maximum Gasteiger partial charge on any atom is 0.354 e. The van der Waals surface area contributed by atoms with E-state index in [9.17, 15) is 14.7 Å². The van der Waals surface area contributed by atoms with Gasteiger partial charge < -0.3 is 14.2 Å². The van der Waals surface area contributed by atoms with Crippen molar-refractivity contribution >= 4 is 61.7 Å². The molecule has 0 atom stereocenters. The zero-order valence-electron chi connectivity index (χ0n) is 26.6. The van der Waals surface area contributed by atoms with Crippen molar-refractivity contribution in [3.63, 3.8) is 0 Å². The average Bonchev–Trinajstić information content (AvgIpc) is 3.79. The molecule has 50 heavy (non-hydrogen) atoms. The smallest absolute Gasteiger partial charge is 0.354 e. The lowest BCUT2D eigenvalue weighted by molar-refractivity contribution is 0.0689. The van der Waals surface area contributed by atoms with Gasteiger partial charge in [-0.15, -0.1) is 5.73 Å². The predicted octanol–water partition coefficient (Wildman–Crippen LogP) is 9.38. The van der Waals surface area contributed by atoms with E-state index in [1.165, 1.54) is 32.6 Å². The number of hydrogen-bond acceptors (Lipinski definition) is 2. The summed E-state index contributed by atoms with van der Waals surface area (Å²) in [5.41, 5.74) is 10.5. The fraction of sp³-hybridized carbons (Fsp3) is 0. The van der Waals surface area contributed by atoms with E-state index < -0.39 is 11.5 Å². The van der Waals surface area contributed by atoms with E-state index >= 15 is 0 Å². The summed E-state index contributed by atoms with van der Waals surface area (Å²) in [6, 6.07) is 49.1. The lowest BCUT2D eigenvalue weighted by atomic mass is 10.1. The molecule has 3 heterocycles. The van der Waals surface area contributed by atoms with Crippen LogP contribution in [-0.2, 0) is 0 Å². The summed E-state index contributed by atoms with van der Waals surface area (Å²) < 4.78 is 5.82. The van der Waals surface area contributed by atoms with Crippen molar-refractivity contribution in [2.45, 2.75) is 0 Å². The second kappa shape index (κ2) is 11.6. The zero-order valence-corrected chi connectivity index (χ0v) is 26.6. The second-order valence-corrected chi connectivity index (χ2v) is 12.2. The molecule has 0 aliphatic heterocycles. The van der Waals surface area contributed by atoms with Crippen molar-refractivity contribution in [1.82, 2.24) is 18.9 Å². The van der Waals surface area contributed by atoms with Gasteiger partial charge in [0, 0.05) is 32.9 Å². The average molecular weight is 649 g/mol. The number of hydrogen-bond donors (Lipinski definition) is 2. The van der Waals surface area contributed by atoms with Crippen LogP contribution in [0.3, 0.4) is 0 Å². The first-order valence-electron chi connectivity index (χ1n) is 16.3. The number of carboxylic acids is 1. The second-order valence-electron chi connectivity index (χ2n) is 12.2. The molecule has 238 valence electrons. The van der Waals surface area contributed by atoms with Crippen LogP contribution in [0.4, 0.5) is 0 Å². The fourth-order valence-electron chi connectivity index (χ4n) is 7.04. The predicted molar refractivity (Wildman–Crippen MR) is 201 cm³/mol. The van der Waals surface area contributed by atoms with Crippen molar-refractivity contribution in [2.24, 2.45) is 0 Å². The number of aromatic amines is 1. The Balaban J connectivity index is 1.11. The van der Waals surface area contributed by atoms with Crippen molar-refractivity contribution in [3.8, 4) is 17.1 Å². The molecule has 0 radical (unpaired) electrons. The monoisotopic (exact) mass is 648 g/mol. The van der Waals surface area contributed by atoms with Crippen LogP contribution in [0.1, 0.15) is 21.6 Å². The summed E-state index contributed by atoms with van der Waals surface area (Å²) in [5, 5.41) is 17.1. The van der Waals surface area contributed by atoms with Gasteiger partial charge >= 0.3 is 5.97 Å². The molecule has 0 aliphatic rings. The minimum absolute atomic E-state index is 0.0274. The van der Waals surface area contributed by atoms with Crippen LogP contribution in [0.2, 0.25) is 0 Å². The fourth-order valence-corrected chi connectivity index (χ4v) is 7.04. The van der Waals surface area contributed by atoms with Gasteiger partial charge in [0.2, 0.25) is 0 Å². The summed E-state index contributed by atoms with van der Waals surface area (Å²) in [4.78, 5) is 25.2. The highest BCUT2D eigenvalue weighted by Crippen LogP contribution is 2.35. The Labute approximate surface area is 285 Å². The molecule has 9 rings (SSSR count). The Hall–Kier alpha value is -7.08. The number of nitrogens with one attached hydrogen (secondary N) is 1. The van der Waals surface area contributed by atoms with Crippen molar-refractivity contribution in [2.75, 3.05) is 0 Å². The third kappa shape index (κ3) is 4.61. The Morgan fingerprint density at radius 1 is 0.560 bits per heavy atom. The largest absolute Gasteiger partial charge is 0.477 e. The van der Waals surface area contributed by atoms with E-state index in [-0.39, 0.29) is 11.3 Å². The minimum atomic E-state index is -1.22. The molecule has 2 N–H and O–H groups in total. The summed E-state index contributed by atoms with van der Waals surface area (Å²) in [6.45, 7) is 0. The van der Waals surface area contributed by atoms with Gasteiger partial charge in [0.1, 0.15) is 0 Å². The van der Waals surface area contributed by atoms with Crippen LogP contribution in [0, 0.1) is 0 Å². The molecule has 7 heteroatoms. The number of rotatable bonds is 6. The number of H-pyrrole nitrogens is 1. The van der Waals surface area contributed by atoms with Gasteiger partial charge in [-0.3, -0.25) is 9.89 Å². The highest BCUT2D eigenvalue weighted by atomic mass is 16.4. The number of carboxylic acid groups (broad SMARTS) is 1. The third-order valence-corrected chi connectivity index (χ3v) is 9.28. The molecule has 0 saturated heterocycles. The quantitative estimate of drug-likeness (QED) is 0.176. The molecule has 0 fully saturated rings. The Morgan fingerprint density at radius 2 is 1.06 bits per heavy atom. The maximum absolute atomic E-state index is 13.2. The van der Waals surface area contributed by atoms with Crippen molar-refractivity contribution < 1.29 is 9.90 Å². The number of aromatic nitrogens is 4. The van der Waals surface area contributed by atoms with E-state index in [2.05, 4.69) is 117 Å². The molecule has 0 aliphatic carbocycles. The van der Waals surface area contributed by atoms with E-state index in [1.54, 1.807) is 30.3 Å². The SMILES string of the molecule is O=C(O)c1[nH]n(-c2ccccc2)c(=O)c1C=C=Cc1ccc2c(c1)c1ccccc1n2-c1ccc(-n2c3ccccc3c3ccccc32)cc1. The molecule has 0 bridgehead atoms. The molecule has 9 aromatic rings. The molecule has 0 spiro atoms. The van der Waals surface area contributed by atoms with Gasteiger partial charge in [-0.05, 0) is 84.4 Å². The maximum atomic E-state index is 13.2. The standard InChI is InChI=1S/C43H28N4O3/c48-42-35(41(43(49)50)44-47(42)31-12-2-1-3-13-31)17-10-11-28-21-26-40-36(27-28)34-16-6-9-20-39(34)46(40)30-24-22-29(23-25-30)45-37-18-7-4-14-32(37)33-15-5-8-19-38(33)45/h1-9,11-27,44H,(H,49,50). The molecular weight excluding hydrogens is 620 g/mol. The Bertz CT molecular complexity index is 2840. The van der Waals surface area contributed by atoms with Gasteiger partial charge in [-0.25, -0.2) is 9.48 Å². The third-order valence-electron chi connectivity index (χ3n) is 9.28. The molecule has 3 aromatic heterocycles.